The minimum absolute atomic E-state index is 0.0502. The van der Waals surface area contributed by atoms with E-state index in [0.717, 1.165) is 46.9 Å². The summed E-state index contributed by atoms with van der Waals surface area (Å²) < 4.78 is 0. The van der Waals surface area contributed by atoms with Gasteiger partial charge >= 0.3 is 0 Å². The average molecular weight is 381 g/mol. The molecule has 0 unspecified atom stereocenters. The van der Waals surface area contributed by atoms with E-state index in [4.69, 9.17) is 0 Å². The van der Waals surface area contributed by atoms with Gasteiger partial charge in [0.15, 0.2) is 0 Å². The van der Waals surface area contributed by atoms with E-state index < -0.39 is 0 Å². The second-order valence-corrected chi connectivity index (χ2v) is 8.01. The molecule has 4 heterocycles. The molecule has 1 amide bonds. The third kappa shape index (κ3) is 2.93. The third-order valence-corrected chi connectivity index (χ3v) is 6.24. The molecule has 0 atom stereocenters. The van der Waals surface area contributed by atoms with E-state index >= 15 is 0 Å². The fraction of sp³-hybridized carbons (Fsp3) is 0.333. The summed E-state index contributed by atoms with van der Waals surface area (Å²) in [6.07, 6.45) is 10.4. The van der Waals surface area contributed by atoms with Gasteiger partial charge in [-0.3, -0.25) is 4.79 Å². The summed E-state index contributed by atoms with van der Waals surface area (Å²) >= 11 is 1.48. The highest BCUT2D eigenvalue weighted by molar-refractivity contribution is 7.18. The first kappa shape index (κ1) is 16.2. The number of rotatable bonds is 4. The van der Waals surface area contributed by atoms with Crippen LogP contribution in [0.15, 0.2) is 31.0 Å². The predicted molar refractivity (Wildman–Crippen MR) is 104 cm³/mol. The van der Waals surface area contributed by atoms with Crippen LogP contribution in [0.3, 0.4) is 0 Å². The Morgan fingerprint density at radius 1 is 1.07 bits per heavy atom. The minimum Gasteiger partial charge on any atom is -0.342 e. The van der Waals surface area contributed by atoms with Crippen LogP contribution < -0.4 is 16.0 Å². The van der Waals surface area contributed by atoms with E-state index in [-0.39, 0.29) is 11.4 Å². The molecule has 138 valence electrons. The lowest BCUT2D eigenvalue weighted by Gasteiger charge is -2.33. The van der Waals surface area contributed by atoms with Crippen molar-refractivity contribution in [3.8, 4) is 0 Å². The van der Waals surface area contributed by atoms with E-state index in [0.29, 0.717) is 11.6 Å². The third-order valence-electron chi connectivity index (χ3n) is 5.19. The van der Waals surface area contributed by atoms with Crippen LogP contribution in [-0.2, 0) is 5.54 Å². The molecule has 0 aromatic carbocycles. The van der Waals surface area contributed by atoms with Crippen LogP contribution in [-0.4, -0.2) is 25.8 Å². The molecule has 2 aliphatic rings. The van der Waals surface area contributed by atoms with Crippen molar-refractivity contribution in [2.75, 3.05) is 10.6 Å². The number of fused-ring (bicyclic) bond motifs is 2. The molecule has 0 bridgehead atoms. The highest BCUT2D eigenvalue weighted by Gasteiger charge is 2.44. The molecule has 3 aromatic rings. The number of aromatic amines is 1. The second kappa shape index (κ2) is 6.34. The molecule has 1 aliphatic carbocycles. The molecule has 5 rings (SSSR count). The van der Waals surface area contributed by atoms with E-state index in [1.807, 2.05) is 6.07 Å². The number of hydrogen-bond donors (Lipinski definition) is 4. The zero-order valence-electron chi connectivity index (χ0n) is 14.6. The Bertz CT molecular complexity index is 976. The smallest absolute Gasteiger partial charge is 0.262 e. The number of anilines is 4. The molecule has 0 saturated heterocycles. The molecular weight excluding hydrogens is 362 g/mol. The lowest BCUT2D eigenvalue weighted by molar-refractivity contribution is 0.0912. The Hall–Kier alpha value is -2.94. The molecular formula is C18H19N7OS. The Morgan fingerprint density at radius 2 is 1.89 bits per heavy atom. The van der Waals surface area contributed by atoms with Gasteiger partial charge in [-0.2, -0.15) is 0 Å². The number of thiophene rings is 1. The van der Waals surface area contributed by atoms with Crippen LogP contribution in [0.2, 0.25) is 0 Å². The zero-order chi connectivity index (χ0) is 18.3. The first-order valence-electron chi connectivity index (χ1n) is 9.03. The summed E-state index contributed by atoms with van der Waals surface area (Å²) in [4.78, 5) is 28.7. The highest BCUT2D eigenvalue weighted by atomic mass is 32.1. The number of H-pyrrole nitrogens is 1. The molecule has 8 nitrogen and oxygen atoms in total. The molecule has 4 N–H and O–H groups in total. The van der Waals surface area contributed by atoms with Crippen molar-refractivity contribution < 1.29 is 4.79 Å². The van der Waals surface area contributed by atoms with Crippen LogP contribution in [0, 0.1) is 0 Å². The summed E-state index contributed by atoms with van der Waals surface area (Å²) in [7, 11) is 0. The molecule has 9 heteroatoms. The maximum absolute atomic E-state index is 12.5. The lowest BCUT2D eigenvalue weighted by Crippen LogP contribution is -2.40. The van der Waals surface area contributed by atoms with Gasteiger partial charge in [0.25, 0.3) is 5.91 Å². The van der Waals surface area contributed by atoms with Gasteiger partial charge in [0, 0.05) is 11.6 Å². The van der Waals surface area contributed by atoms with Gasteiger partial charge in [-0.25, -0.2) is 15.0 Å². The molecule has 0 radical (unpaired) electrons. The Kier molecular flexibility index (Phi) is 3.82. The summed E-state index contributed by atoms with van der Waals surface area (Å²) in [6, 6.07) is 3.93. The Morgan fingerprint density at radius 3 is 2.67 bits per heavy atom. The minimum atomic E-state index is -0.167. The Balaban J connectivity index is 1.39. The van der Waals surface area contributed by atoms with Crippen LogP contribution in [0.4, 0.5) is 22.5 Å². The summed E-state index contributed by atoms with van der Waals surface area (Å²) in [5, 5.41) is 10.6. The Labute approximate surface area is 159 Å². The highest BCUT2D eigenvalue weighted by Crippen LogP contribution is 2.47. The number of nitrogens with one attached hydrogen (secondary N) is 4. The van der Waals surface area contributed by atoms with E-state index in [1.54, 1.807) is 12.5 Å². The van der Waals surface area contributed by atoms with E-state index in [2.05, 4.69) is 42.0 Å². The van der Waals surface area contributed by atoms with Gasteiger partial charge in [-0.15, -0.1) is 11.3 Å². The van der Waals surface area contributed by atoms with Gasteiger partial charge in [0.2, 0.25) is 0 Å². The van der Waals surface area contributed by atoms with Crippen molar-refractivity contribution in [2.24, 2.45) is 0 Å². The molecule has 1 saturated carbocycles. The number of carbonyl (C=O) groups is 1. The van der Waals surface area contributed by atoms with Crippen molar-refractivity contribution in [3.63, 3.8) is 0 Å². The van der Waals surface area contributed by atoms with Crippen molar-refractivity contribution in [2.45, 2.75) is 37.6 Å². The maximum atomic E-state index is 12.5. The van der Waals surface area contributed by atoms with Gasteiger partial charge in [-0.05, 0) is 18.9 Å². The van der Waals surface area contributed by atoms with Gasteiger partial charge in [-0.1, -0.05) is 19.3 Å². The predicted octanol–water partition coefficient (Wildman–Crippen LogP) is 3.65. The first-order valence-corrected chi connectivity index (χ1v) is 9.85. The van der Waals surface area contributed by atoms with Crippen LogP contribution >= 0.6 is 11.3 Å². The zero-order valence-corrected chi connectivity index (χ0v) is 15.4. The number of amides is 1. The molecule has 1 fully saturated rings. The van der Waals surface area contributed by atoms with E-state index in [1.165, 1.54) is 24.1 Å². The summed E-state index contributed by atoms with van der Waals surface area (Å²) in [5.74, 6) is 2.13. The number of imidazole rings is 1. The normalized spacial score (nSPS) is 17.6. The standard InChI is InChI=1S/C18H19N7OS/c26-17-16-11(18(25-17)4-2-1-3-5-18)6-15(27-16)24-13-7-12(21-10-22-13)23-14-8-19-9-20-14/h6-10H,1-5H2,(H,19,20)(H,25,26)(H2,21,22,23,24). The summed E-state index contributed by atoms with van der Waals surface area (Å²) in [6.45, 7) is 0. The quantitative estimate of drug-likeness (QED) is 0.549. The average Bonchev–Trinajstić information content (AvgIpc) is 3.37. The van der Waals surface area contributed by atoms with Gasteiger partial charge in [0.1, 0.15) is 23.8 Å². The van der Waals surface area contributed by atoms with E-state index in [9.17, 15) is 4.79 Å². The largest absolute Gasteiger partial charge is 0.342 e. The van der Waals surface area contributed by atoms with Crippen molar-refractivity contribution in [3.05, 3.63) is 41.4 Å². The first-order chi connectivity index (χ1) is 13.2. The number of hydrogen-bond acceptors (Lipinski definition) is 7. The lowest BCUT2D eigenvalue weighted by atomic mass is 9.78. The van der Waals surface area contributed by atoms with Gasteiger partial charge < -0.3 is 20.9 Å². The van der Waals surface area contributed by atoms with Gasteiger partial charge in [0.05, 0.1) is 27.9 Å². The van der Waals surface area contributed by atoms with Crippen LogP contribution in [0.25, 0.3) is 0 Å². The number of nitrogens with zero attached hydrogens (tertiary/aromatic N) is 3. The SMILES string of the molecule is O=C1NC2(CCCCC2)c2cc(Nc3cc(Nc4cnc[nH]4)ncn3)sc21. The molecule has 1 spiro atoms. The van der Waals surface area contributed by atoms with Crippen molar-refractivity contribution in [1.82, 2.24) is 25.3 Å². The second-order valence-electron chi connectivity index (χ2n) is 6.95. The van der Waals surface area contributed by atoms with Crippen LogP contribution in [0.1, 0.15) is 47.3 Å². The van der Waals surface area contributed by atoms with Crippen molar-refractivity contribution in [1.29, 1.82) is 0 Å². The molecule has 27 heavy (non-hydrogen) atoms. The van der Waals surface area contributed by atoms with Crippen LogP contribution in [0.5, 0.6) is 0 Å². The van der Waals surface area contributed by atoms with Crippen molar-refractivity contribution >= 4 is 39.7 Å². The fourth-order valence-corrected chi connectivity index (χ4v) is 5.01. The number of carbonyl (C=O) groups excluding carboxylic acids is 1. The fourth-order valence-electron chi connectivity index (χ4n) is 3.95. The number of aromatic nitrogens is 4. The monoisotopic (exact) mass is 381 g/mol. The summed E-state index contributed by atoms with van der Waals surface area (Å²) in [5.41, 5.74) is 0.977. The topological polar surface area (TPSA) is 108 Å². The maximum Gasteiger partial charge on any atom is 0.262 e. The molecule has 3 aromatic heterocycles. The molecule has 1 aliphatic heterocycles.